The molecule has 1 aromatic rings. The third kappa shape index (κ3) is 5.80. The van der Waals surface area contributed by atoms with Crippen molar-refractivity contribution in [3.05, 3.63) is 35.9 Å². The number of hydrogen-bond acceptors (Lipinski definition) is 3. The SMILES string of the molecule is CC(C)OCC(=O)N[C@@H](CO)Cc1ccccc1. The summed E-state index contributed by atoms with van der Waals surface area (Å²) >= 11 is 0. The number of ether oxygens (including phenoxy) is 1. The Labute approximate surface area is 108 Å². The molecule has 0 aliphatic carbocycles. The van der Waals surface area contributed by atoms with E-state index in [0.717, 1.165) is 5.56 Å². The second kappa shape index (κ2) is 7.84. The summed E-state index contributed by atoms with van der Waals surface area (Å²) in [6, 6.07) is 9.49. The molecule has 0 saturated heterocycles. The van der Waals surface area contributed by atoms with Crippen molar-refractivity contribution in [3.63, 3.8) is 0 Å². The molecule has 1 atom stereocenters. The van der Waals surface area contributed by atoms with Crippen LogP contribution in [0.4, 0.5) is 0 Å². The van der Waals surface area contributed by atoms with Gasteiger partial charge in [-0.25, -0.2) is 0 Å². The summed E-state index contributed by atoms with van der Waals surface area (Å²) in [5, 5.41) is 12.0. The molecular weight excluding hydrogens is 230 g/mol. The van der Waals surface area contributed by atoms with Crippen LogP contribution in [-0.2, 0) is 16.0 Å². The van der Waals surface area contributed by atoms with Gasteiger partial charge in [0.25, 0.3) is 0 Å². The van der Waals surface area contributed by atoms with Crippen molar-refractivity contribution < 1.29 is 14.6 Å². The number of hydrogen-bond donors (Lipinski definition) is 2. The predicted octanol–water partition coefficient (Wildman–Crippen LogP) is 1.13. The quantitative estimate of drug-likeness (QED) is 0.764. The number of aliphatic hydroxyl groups excluding tert-OH is 1. The van der Waals surface area contributed by atoms with Gasteiger partial charge in [0.1, 0.15) is 6.61 Å². The second-order valence-corrected chi connectivity index (χ2v) is 4.50. The molecule has 18 heavy (non-hydrogen) atoms. The Bertz CT molecular complexity index is 351. The lowest BCUT2D eigenvalue weighted by Gasteiger charge is -2.17. The minimum atomic E-state index is -0.268. The zero-order valence-corrected chi connectivity index (χ0v) is 10.9. The van der Waals surface area contributed by atoms with E-state index < -0.39 is 0 Å². The fourth-order valence-electron chi connectivity index (χ4n) is 1.57. The summed E-state index contributed by atoms with van der Waals surface area (Å²) in [6.07, 6.45) is 0.641. The average Bonchev–Trinajstić information content (AvgIpc) is 2.37. The molecule has 0 aliphatic rings. The first-order valence-corrected chi connectivity index (χ1v) is 6.17. The topological polar surface area (TPSA) is 58.6 Å². The molecule has 2 N–H and O–H groups in total. The maximum atomic E-state index is 11.6. The zero-order chi connectivity index (χ0) is 13.4. The number of rotatable bonds is 7. The van der Waals surface area contributed by atoms with Gasteiger partial charge in [-0.15, -0.1) is 0 Å². The first kappa shape index (κ1) is 14.7. The van der Waals surface area contributed by atoms with E-state index in [1.165, 1.54) is 0 Å². The van der Waals surface area contributed by atoms with E-state index >= 15 is 0 Å². The molecule has 0 heterocycles. The van der Waals surface area contributed by atoms with Crippen LogP contribution in [0.25, 0.3) is 0 Å². The molecule has 4 heteroatoms. The highest BCUT2D eigenvalue weighted by Gasteiger charge is 2.12. The summed E-state index contributed by atoms with van der Waals surface area (Å²) in [5.74, 6) is -0.196. The zero-order valence-electron chi connectivity index (χ0n) is 10.9. The molecule has 0 saturated carbocycles. The number of nitrogens with one attached hydrogen (secondary N) is 1. The average molecular weight is 251 g/mol. The molecule has 1 aromatic carbocycles. The van der Waals surface area contributed by atoms with E-state index in [1.807, 2.05) is 44.2 Å². The number of carbonyl (C=O) groups is 1. The lowest BCUT2D eigenvalue weighted by molar-refractivity contribution is -0.128. The molecule has 1 rings (SSSR count). The van der Waals surface area contributed by atoms with Gasteiger partial charge in [0, 0.05) is 0 Å². The smallest absolute Gasteiger partial charge is 0.246 e. The summed E-state index contributed by atoms with van der Waals surface area (Å²) in [5.41, 5.74) is 1.08. The molecule has 0 radical (unpaired) electrons. The second-order valence-electron chi connectivity index (χ2n) is 4.50. The minimum absolute atomic E-state index is 0.0254. The number of benzene rings is 1. The van der Waals surface area contributed by atoms with Crippen molar-refractivity contribution in [1.29, 1.82) is 0 Å². The van der Waals surface area contributed by atoms with Crippen LogP contribution in [0.3, 0.4) is 0 Å². The van der Waals surface area contributed by atoms with Crippen molar-refractivity contribution in [2.45, 2.75) is 32.4 Å². The van der Waals surface area contributed by atoms with E-state index in [2.05, 4.69) is 5.32 Å². The first-order valence-electron chi connectivity index (χ1n) is 6.17. The van der Waals surface area contributed by atoms with Crippen LogP contribution in [0, 0.1) is 0 Å². The van der Waals surface area contributed by atoms with Gasteiger partial charge in [-0.2, -0.15) is 0 Å². The Kier molecular flexibility index (Phi) is 6.39. The van der Waals surface area contributed by atoms with Crippen molar-refractivity contribution >= 4 is 5.91 Å². The van der Waals surface area contributed by atoms with Crippen LogP contribution in [-0.4, -0.2) is 36.4 Å². The van der Waals surface area contributed by atoms with Crippen LogP contribution in [0.2, 0.25) is 0 Å². The highest BCUT2D eigenvalue weighted by molar-refractivity contribution is 5.77. The van der Waals surface area contributed by atoms with Gasteiger partial charge >= 0.3 is 0 Å². The monoisotopic (exact) mass is 251 g/mol. The molecule has 0 unspecified atom stereocenters. The van der Waals surface area contributed by atoms with Crippen LogP contribution in [0.1, 0.15) is 19.4 Å². The molecule has 0 bridgehead atoms. The minimum Gasteiger partial charge on any atom is -0.394 e. The normalized spacial score (nSPS) is 12.4. The van der Waals surface area contributed by atoms with Gasteiger partial charge in [0.05, 0.1) is 18.8 Å². The maximum absolute atomic E-state index is 11.6. The molecule has 0 aromatic heterocycles. The van der Waals surface area contributed by atoms with Gasteiger partial charge < -0.3 is 15.2 Å². The van der Waals surface area contributed by atoms with E-state index in [-0.39, 0.29) is 31.3 Å². The Morgan fingerprint density at radius 2 is 2.00 bits per heavy atom. The largest absolute Gasteiger partial charge is 0.394 e. The van der Waals surface area contributed by atoms with Crippen molar-refractivity contribution in [1.82, 2.24) is 5.32 Å². The highest BCUT2D eigenvalue weighted by atomic mass is 16.5. The molecule has 0 fully saturated rings. The van der Waals surface area contributed by atoms with E-state index in [9.17, 15) is 9.90 Å². The number of amides is 1. The lowest BCUT2D eigenvalue weighted by Crippen LogP contribution is -2.41. The van der Waals surface area contributed by atoms with E-state index in [1.54, 1.807) is 0 Å². The first-order chi connectivity index (χ1) is 8.61. The maximum Gasteiger partial charge on any atom is 0.246 e. The Morgan fingerprint density at radius 3 is 2.56 bits per heavy atom. The lowest BCUT2D eigenvalue weighted by atomic mass is 10.1. The standard InChI is InChI=1S/C14H21NO3/c1-11(2)18-10-14(17)15-13(9-16)8-12-6-4-3-5-7-12/h3-7,11,13,16H,8-10H2,1-2H3,(H,15,17)/t13-/m1/s1. The fourth-order valence-corrected chi connectivity index (χ4v) is 1.57. The molecule has 4 nitrogen and oxygen atoms in total. The molecule has 100 valence electrons. The van der Waals surface area contributed by atoms with Crippen LogP contribution < -0.4 is 5.32 Å². The molecule has 1 amide bonds. The van der Waals surface area contributed by atoms with Crippen molar-refractivity contribution in [3.8, 4) is 0 Å². The fraction of sp³-hybridized carbons (Fsp3) is 0.500. The van der Waals surface area contributed by atoms with Gasteiger partial charge in [0.2, 0.25) is 5.91 Å². The van der Waals surface area contributed by atoms with Crippen LogP contribution in [0.15, 0.2) is 30.3 Å². The molecule has 0 spiro atoms. The van der Waals surface area contributed by atoms with Gasteiger partial charge in [-0.05, 0) is 25.8 Å². The number of aliphatic hydroxyl groups is 1. The Balaban J connectivity index is 2.40. The Hall–Kier alpha value is -1.39. The van der Waals surface area contributed by atoms with Gasteiger partial charge in [0.15, 0.2) is 0 Å². The van der Waals surface area contributed by atoms with Gasteiger partial charge in [-0.1, -0.05) is 30.3 Å². The van der Waals surface area contributed by atoms with E-state index in [0.29, 0.717) is 6.42 Å². The molecule has 0 aliphatic heterocycles. The predicted molar refractivity (Wildman–Crippen MR) is 70.3 cm³/mol. The Morgan fingerprint density at radius 1 is 1.33 bits per heavy atom. The third-order valence-electron chi connectivity index (χ3n) is 2.46. The summed E-state index contributed by atoms with van der Waals surface area (Å²) in [7, 11) is 0. The summed E-state index contributed by atoms with van der Waals surface area (Å²) < 4.78 is 5.21. The number of carbonyl (C=O) groups excluding carboxylic acids is 1. The summed E-state index contributed by atoms with van der Waals surface area (Å²) in [6.45, 7) is 3.70. The molecular formula is C14H21NO3. The van der Waals surface area contributed by atoms with Crippen LogP contribution >= 0.6 is 0 Å². The summed E-state index contributed by atoms with van der Waals surface area (Å²) in [4.78, 5) is 11.6. The van der Waals surface area contributed by atoms with Crippen molar-refractivity contribution in [2.75, 3.05) is 13.2 Å². The van der Waals surface area contributed by atoms with Gasteiger partial charge in [-0.3, -0.25) is 4.79 Å². The third-order valence-corrected chi connectivity index (χ3v) is 2.46. The van der Waals surface area contributed by atoms with E-state index in [4.69, 9.17) is 4.74 Å². The van der Waals surface area contributed by atoms with Crippen LogP contribution in [0.5, 0.6) is 0 Å². The highest BCUT2D eigenvalue weighted by Crippen LogP contribution is 2.02. The van der Waals surface area contributed by atoms with Crippen molar-refractivity contribution in [2.24, 2.45) is 0 Å².